The first kappa shape index (κ1) is 18.6. The summed E-state index contributed by atoms with van der Waals surface area (Å²) in [6, 6.07) is 6.89. The molecule has 0 radical (unpaired) electrons. The lowest BCUT2D eigenvalue weighted by Crippen LogP contribution is -2.35. The van der Waals surface area contributed by atoms with Crippen LogP contribution in [0.4, 0.5) is 15.0 Å². The molecule has 1 aromatic carbocycles. The molecule has 1 saturated heterocycles. The molecule has 11 heteroatoms. The van der Waals surface area contributed by atoms with Crippen molar-refractivity contribution >= 4 is 44.6 Å². The molecule has 4 rings (SSSR count). The van der Waals surface area contributed by atoms with Gasteiger partial charge in [0.1, 0.15) is 19.3 Å². The van der Waals surface area contributed by atoms with Crippen molar-refractivity contribution in [1.29, 1.82) is 0 Å². The Balaban J connectivity index is 1.91. The van der Waals surface area contributed by atoms with E-state index in [1.807, 2.05) is 6.92 Å². The lowest BCUT2D eigenvalue weighted by Gasteiger charge is -2.18. The number of amides is 1. The van der Waals surface area contributed by atoms with Crippen molar-refractivity contribution in [3.63, 3.8) is 0 Å². The molecule has 0 N–H and O–H groups in total. The van der Waals surface area contributed by atoms with Crippen LogP contribution < -0.4 is 4.90 Å². The van der Waals surface area contributed by atoms with Gasteiger partial charge >= 0.3 is 6.09 Å². The third kappa shape index (κ3) is 2.89. The number of aromatic nitrogens is 3. The fraction of sp³-hybridized carbons (Fsp3) is 0.235. The zero-order valence-electron chi connectivity index (χ0n) is 14.5. The number of fused-ring (bicyclic) bond motifs is 1. The molecule has 0 unspecified atom stereocenters. The molecule has 146 valence electrons. The summed E-state index contributed by atoms with van der Waals surface area (Å²) in [4.78, 5) is 21.2. The molecule has 0 saturated carbocycles. The number of anilines is 1. The maximum atomic E-state index is 13.3. The normalized spacial score (nSPS) is 17.3. The van der Waals surface area contributed by atoms with E-state index in [0.717, 1.165) is 14.4 Å². The number of cyclic esters (lactones) is 1. The van der Waals surface area contributed by atoms with Gasteiger partial charge in [-0.05, 0) is 36.7 Å². The molecule has 1 aliphatic heterocycles. The topological polar surface area (TPSA) is 94.4 Å². The zero-order valence-corrected chi connectivity index (χ0v) is 16.1. The number of nitrogens with zero attached hydrogens (tertiary/aromatic N) is 4. The van der Waals surface area contributed by atoms with Gasteiger partial charge in [-0.2, -0.15) is 9.97 Å². The van der Waals surface area contributed by atoms with Gasteiger partial charge in [0.15, 0.2) is 11.5 Å². The van der Waals surface area contributed by atoms with E-state index in [9.17, 15) is 17.6 Å². The maximum Gasteiger partial charge on any atom is 0.416 e. The van der Waals surface area contributed by atoms with Gasteiger partial charge in [-0.3, -0.25) is 4.90 Å². The van der Waals surface area contributed by atoms with E-state index in [1.54, 1.807) is 12.1 Å². The van der Waals surface area contributed by atoms with Gasteiger partial charge in [0.25, 0.3) is 10.0 Å². The van der Waals surface area contributed by atoms with Gasteiger partial charge < -0.3 is 4.74 Å². The standard InChI is InChI=1S/C17H14ClFN4O4S/c1-10-2-4-12(5-3-10)28(25,26)22-7-6-13-14(22)20-16(18)21-15(13)23-11(8-19)9-27-17(23)24/h2-7,11H,8-9H2,1H3/t11-/m1/s1. The van der Waals surface area contributed by atoms with Gasteiger partial charge in [0, 0.05) is 6.20 Å². The monoisotopic (exact) mass is 424 g/mol. The lowest BCUT2D eigenvalue weighted by molar-refractivity contribution is 0.177. The van der Waals surface area contributed by atoms with Gasteiger partial charge in [0.2, 0.25) is 5.28 Å². The molecule has 8 nitrogen and oxygen atoms in total. The average molecular weight is 425 g/mol. The second kappa shape index (κ2) is 6.71. The van der Waals surface area contributed by atoms with Crippen molar-refractivity contribution in [3.8, 4) is 0 Å². The van der Waals surface area contributed by atoms with Crippen molar-refractivity contribution in [2.45, 2.75) is 17.9 Å². The number of ether oxygens (including phenoxy) is 1. The minimum atomic E-state index is -3.97. The van der Waals surface area contributed by atoms with Crippen molar-refractivity contribution < 1.29 is 22.3 Å². The Hall–Kier alpha value is -2.72. The predicted molar refractivity (Wildman–Crippen MR) is 99.9 cm³/mol. The van der Waals surface area contributed by atoms with Crippen LogP contribution >= 0.6 is 11.6 Å². The fourth-order valence-corrected chi connectivity index (χ4v) is 4.44. The summed E-state index contributed by atoms with van der Waals surface area (Å²) in [7, 11) is -3.97. The highest BCUT2D eigenvalue weighted by molar-refractivity contribution is 7.90. The quantitative estimate of drug-likeness (QED) is 0.598. The summed E-state index contributed by atoms with van der Waals surface area (Å²) in [5.41, 5.74) is 0.890. The predicted octanol–water partition coefficient (Wildman–Crippen LogP) is 2.92. The van der Waals surface area contributed by atoms with Crippen molar-refractivity contribution in [2.75, 3.05) is 18.2 Å². The minimum Gasteiger partial charge on any atom is -0.447 e. The largest absolute Gasteiger partial charge is 0.447 e. The molecular weight excluding hydrogens is 411 g/mol. The highest BCUT2D eigenvalue weighted by Crippen LogP contribution is 2.32. The van der Waals surface area contributed by atoms with Gasteiger partial charge in [-0.15, -0.1) is 0 Å². The summed E-state index contributed by atoms with van der Waals surface area (Å²) in [5, 5.41) is -0.0451. The molecule has 0 spiro atoms. The number of hydrogen-bond donors (Lipinski definition) is 0. The number of hydrogen-bond acceptors (Lipinski definition) is 6. The van der Waals surface area contributed by atoms with E-state index in [2.05, 4.69) is 9.97 Å². The third-order valence-corrected chi connectivity index (χ3v) is 6.26. The number of halogens is 2. The number of benzene rings is 1. The third-order valence-electron chi connectivity index (χ3n) is 4.41. The first-order chi connectivity index (χ1) is 13.3. The number of carbonyl (C=O) groups is 1. The Morgan fingerprint density at radius 1 is 1.25 bits per heavy atom. The van der Waals surface area contributed by atoms with E-state index in [0.29, 0.717) is 0 Å². The SMILES string of the molecule is Cc1ccc(S(=O)(=O)n2ccc3c(N4C(=O)OC[C@H]4CF)nc(Cl)nc32)cc1. The Labute approximate surface area is 164 Å². The molecule has 1 aliphatic rings. The van der Waals surface area contributed by atoms with Crippen LogP contribution in [0.2, 0.25) is 5.28 Å². The summed E-state index contributed by atoms with van der Waals surface area (Å²) in [5.74, 6) is -0.00185. The molecule has 1 amide bonds. The van der Waals surface area contributed by atoms with Gasteiger partial charge in [0.05, 0.1) is 10.3 Å². The van der Waals surface area contributed by atoms with Gasteiger partial charge in [-0.1, -0.05) is 17.7 Å². The van der Waals surface area contributed by atoms with E-state index in [4.69, 9.17) is 16.3 Å². The summed E-state index contributed by atoms with van der Waals surface area (Å²) >= 11 is 5.98. The smallest absolute Gasteiger partial charge is 0.416 e. The van der Waals surface area contributed by atoms with E-state index in [-0.39, 0.29) is 33.6 Å². The molecule has 0 aliphatic carbocycles. The number of rotatable bonds is 4. The van der Waals surface area contributed by atoms with Crippen molar-refractivity contribution in [1.82, 2.24) is 13.9 Å². The van der Waals surface area contributed by atoms with Crippen LogP contribution in [-0.4, -0.2) is 47.8 Å². The Morgan fingerprint density at radius 2 is 1.96 bits per heavy atom. The lowest BCUT2D eigenvalue weighted by atomic mass is 10.2. The van der Waals surface area contributed by atoms with Crippen LogP contribution in [0.1, 0.15) is 5.56 Å². The Bertz CT molecular complexity index is 1180. The van der Waals surface area contributed by atoms with E-state index < -0.39 is 28.8 Å². The Morgan fingerprint density at radius 3 is 2.64 bits per heavy atom. The second-order valence-electron chi connectivity index (χ2n) is 6.24. The minimum absolute atomic E-state index is 0.00185. The molecular formula is C17H14ClFN4O4S. The van der Waals surface area contributed by atoms with Crippen molar-refractivity contribution in [3.05, 3.63) is 47.4 Å². The molecule has 0 bridgehead atoms. The van der Waals surface area contributed by atoms with E-state index in [1.165, 1.54) is 24.4 Å². The average Bonchev–Trinajstić information content (AvgIpc) is 3.25. The molecule has 3 aromatic rings. The summed E-state index contributed by atoms with van der Waals surface area (Å²) in [6.45, 7) is 0.856. The first-order valence-electron chi connectivity index (χ1n) is 8.21. The van der Waals surface area contributed by atoms with Crippen LogP contribution in [-0.2, 0) is 14.8 Å². The highest BCUT2D eigenvalue weighted by atomic mass is 35.5. The second-order valence-corrected chi connectivity index (χ2v) is 8.39. The molecule has 2 aromatic heterocycles. The van der Waals surface area contributed by atoms with Crippen LogP contribution in [0, 0.1) is 6.92 Å². The zero-order chi connectivity index (χ0) is 20.1. The van der Waals surface area contributed by atoms with Gasteiger partial charge in [-0.25, -0.2) is 21.6 Å². The van der Waals surface area contributed by atoms with Crippen molar-refractivity contribution in [2.24, 2.45) is 0 Å². The van der Waals surface area contributed by atoms with Crippen LogP contribution in [0.15, 0.2) is 41.4 Å². The molecule has 1 atom stereocenters. The number of alkyl halides is 1. The Kier molecular flexibility index (Phi) is 4.47. The molecule has 3 heterocycles. The number of aryl methyl sites for hydroxylation is 1. The molecule has 1 fully saturated rings. The summed E-state index contributed by atoms with van der Waals surface area (Å²) in [6.07, 6.45) is 0.507. The first-order valence-corrected chi connectivity index (χ1v) is 10.0. The van der Waals surface area contributed by atoms with Crippen LogP contribution in [0.25, 0.3) is 11.0 Å². The van der Waals surface area contributed by atoms with Crippen LogP contribution in [0.3, 0.4) is 0 Å². The highest BCUT2D eigenvalue weighted by Gasteiger charge is 2.37. The number of carbonyl (C=O) groups excluding carboxylic acids is 1. The van der Waals surface area contributed by atoms with E-state index >= 15 is 0 Å². The summed E-state index contributed by atoms with van der Waals surface area (Å²) < 4.78 is 45.2. The maximum absolute atomic E-state index is 13.3. The van der Waals surface area contributed by atoms with Crippen LogP contribution in [0.5, 0.6) is 0 Å². The fourth-order valence-electron chi connectivity index (χ4n) is 2.99. The molecule has 28 heavy (non-hydrogen) atoms.